The highest BCUT2D eigenvalue weighted by molar-refractivity contribution is 6.31. The van der Waals surface area contributed by atoms with Gasteiger partial charge in [-0.2, -0.15) is 5.10 Å². The van der Waals surface area contributed by atoms with Crippen LogP contribution in [0.15, 0.2) is 47.6 Å². The van der Waals surface area contributed by atoms with Crippen LogP contribution in [0.1, 0.15) is 18.1 Å². The second-order valence-corrected chi connectivity index (χ2v) is 4.91. The van der Waals surface area contributed by atoms with Crippen LogP contribution in [0.5, 0.6) is 5.75 Å². The summed E-state index contributed by atoms with van der Waals surface area (Å²) in [5.41, 5.74) is 6.81. The first-order chi connectivity index (χ1) is 9.60. The van der Waals surface area contributed by atoms with Gasteiger partial charge in [0.2, 0.25) is 0 Å². The maximum atomic E-state index is 6.08. The van der Waals surface area contributed by atoms with E-state index in [1.165, 1.54) is 0 Å². The molecular weight excluding hydrogens is 272 g/mol. The molecule has 1 N–H and O–H groups in total. The van der Waals surface area contributed by atoms with Crippen molar-refractivity contribution in [1.29, 1.82) is 0 Å². The number of hydrogen-bond acceptors (Lipinski definition) is 3. The van der Waals surface area contributed by atoms with Crippen LogP contribution < -0.4 is 10.2 Å². The van der Waals surface area contributed by atoms with Gasteiger partial charge >= 0.3 is 0 Å². The van der Waals surface area contributed by atoms with Gasteiger partial charge in [0.15, 0.2) is 0 Å². The van der Waals surface area contributed by atoms with Crippen molar-refractivity contribution < 1.29 is 4.74 Å². The molecule has 0 bridgehead atoms. The number of aryl methyl sites for hydroxylation is 1. The van der Waals surface area contributed by atoms with E-state index in [0.717, 1.165) is 33.3 Å². The highest BCUT2D eigenvalue weighted by atomic mass is 35.5. The van der Waals surface area contributed by atoms with Gasteiger partial charge in [0.05, 0.1) is 18.5 Å². The van der Waals surface area contributed by atoms with E-state index in [1.54, 1.807) is 7.11 Å². The number of benzene rings is 2. The van der Waals surface area contributed by atoms with E-state index in [9.17, 15) is 0 Å². The van der Waals surface area contributed by atoms with E-state index >= 15 is 0 Å². The molecule has 0 aliphatic heterocycles. The third-order valence-corrected chi connectivity index (χ3v) is 3.42. The molecule has 0 radical (unpaired) electrons. The number of methoxy groups -OCH3 is 1. The summed E-state index contributed by atoms with van der Waals surface area (Å²) in [4.78, 5) is 0. The summed E-state index contributed by atoms with van der Waals surface area (Å²) in [7, 11) is 1.65. The lowest BCUT2D eigenvalue weighted by atomic mass is 10.1. The normalized spacial score (nSPS) is 11.3. The standard InChI is InChI=1S/C16H17ClN2O/c1-11-7-8-14(10-16(11)17)19-18-12(2)13-5-4-6-15(9-13)20-3/h4-10,19H,1-3H3/b18-12+. The molecule has 0 amide bonds. The second kappa shape index (κ2) is 6.44. The number of nitrogens with zero attached hydrogens (tertiary/aromatic N) is 1. The van der Waals surface area contributed by atoms with Gasteiger partial charge in [0, 0.05) is 10.6 Å². The number of halogens is 1. The summed E-state index contributed by atoms with van der Waals surface area (Å²) in [5, 5.41) is 5.09. The van der Waals surface area contributed by atoms with Gasteiger partial charge in [-0.15, -0.1) is 0 Å². The number of ether oxygens (including phenoxy) is 1. The third-order valence-electron chi connectivity index (χ3n) is 3.01. The molecule has 4 heteroatoms. The minimum atomic E-state index is 0.726. The lowest BCUT2D eigenvalue weighted by Crippen LogP contribution is -2.00. The van der Waals surface area contributed by atoms with E-state index in [4.69, 9.17) is 16.3 Å². The zero-order valence-electron chi connectivity index (χ0n) is 11.8. The zero-order valence-corrected chi connectivity index (χ0v) is 12.5. The summed E-state index contributed by atoms with van der Waals surface area (Å²) >= 11 is 6.08. The Morgan fingerprint density at radius 2 is 2.00 bits per heavy atom. The Labute approximate surface area is 124 Å². The smallest absolute Gasteiger partial charge is 0.119 e. The Kier molecular flexibility index (Phi) is 4.64. The predicted octanol–water partition coefficient (Wildman–Crippen LogP) is 4.49. The Balaban J connectivity index is 2.15. The largest absolute Gasteiger partial charge is 0.497 e. The molecule has 0 atom stereocenters. The summed E-state index contributed by atoms with van der Waals surface area (Å²) in [6, 6.07) is 13.6. The van der Waals surface area contributed by atoms with Gasteiger partial charge < -0.3 is 4.74 Å². The van der Waals surface area contributed by atoms with Crippen LogP contribution in [0.3, 0.4) is 0 Å². The van der Waals surface area contributed by atoms with Gasteiger partial charge in [0.1, 0.15) is 5.75 Å². The maximum Gasteiger partial charge on any atom is 0.119 e. The average molecular weight is 289 g/mol. The van der Waals surface area contributed by atoms with Crippen molar-refractivity contribution in [2.24, 2.45) is 5.10 Å². The number of nitrogens with one attached hydrogen (secondary N) is 1. The topological polar surface area (TPSA) is 33.6 Å². The van der Waals surface area contributed by atoms with Crippen molar-refractivity contribution in [3.05, 3.63) is 58.6 Å². The summed E-state index contributed by atoms with van der Waals surface area (Å²) in [6.07, 6.45) is 0. The molecule has 104 valence electrons. The predicted molar refractivity (Wildman–Crippen MR) is 85.0 cm³/mol. The Bertz CT molecular complexity index is 638. The lowest BCUT2D eigenvalue weighted by Gasteiger charge is -2.06. The van der Waals surface area contributed by atoms with Gasteiger partial charge in [-0.3, -0.25) is 5.43 Å². The monoisotopic (exact) mass is 288 g/mol. The molecule has 3 nitrogen and oxygen atoms in total. The van der Waals surface area contributed by atoms with Gasteiger partial charge in [0.25, 0.3) is 0 Å². The van der Waals surface area contributed by atoms with Crippen LogP contribution in [0.2, 0.25) is 5.02 Å². The minimum absolute atomic E-state index is 0.726. The molecule has 2 aromatic carbocycles. The first-order valence-corrected chi connectivity index (χ1v) is 6.69. The molecule has 2 rings (SSSR count). The molecule has 2 aromatic rings. The fraction of sp³-hybridized carbons (Fsp3) is 0.188. The molecule has 0 unspecified atom stereocenters. The fourth-order valence-electron chi connectivity index (χ4n) is 1.72. The quantitative estimate of drug-likeness (QED) is 0.664. The summed E-state index contributed by atoms with van der Waals surface area (Å²) in [6.45, 7) is 3.91. The number of rotatable bonds is 4. The molecule has 0 aliphatic carbocycles. The second-order valence-electron chi connectivity index (χ2n) is 4.50. The maximum absolute atomic E-state index is 6.08. The van der Waals surface area contributed by atoms with Crippen LogP contribution in [0.25, 0.3) is 0 Å². The lowest BCUT2D eigenvalue weighted by molar-refractivity contribution is 0.414. The molecular formula is C16H17ClN2O. The highest BCUT2D eigenvalue weighted by Gasteiger charge is 2.00. The van der Waals surface area contributed by atoms with E-state index in [0.29, 0.717) is 0 Å². The van der Waals surface area contributed by atoms with Crippen LogP contribution in [-0.2, 0) is 0 Å². The first kappa shape index (κ1) is 14.4. The molecule has 0 heterocycles. The van der Waals surface area contributed by atoms with Crippen molar-refractivity contribution in [1.82, 2.24) is 0 Å². The minimum Gasteiger partial charge on any atom is -0.497 e. The fourth-order valence-corrected chi connectivity index (χ4v) is 1.90. The molecule has 0 spiro atoms. The number of anilines is 1. The Morgan fingerprint density at radius 1 is 1.20 bits per heavy atom. The van der Waals surface area contributed by atoms with Crippen molar-refractivity contribution in [3.63, 3.8) is 0 Å². The van der Waals surface area contributed by atoms with E-state index in [-0.39, 0.29) is 0 Å². The van der Waals surface area contributed by atoms with Gasteiger partial charge in [-0.1, -0.05) is 29.8 Å². The summed E-state index contributed by atoms with van der Waals surface area (Å²) in [5.74, 6) is 0.815. The van der Waals surface area contributed by atoms with Gasteiger partial charge in [-0.25, -0.2) is 0 Å². The highest BCUT2D eigenvalue weighted by Crippen LogP contribution is 2.20. The van der Waals surface area contributed by atoms with E-state index < -0.39 is 0 Å². The molecule has 0 fully saturated rings. The average Bonchev–Trinajstić information content (AvgIpc) is 2.48. The number of hydrazone groups is 1. The molecule has 0 aliphatic rings. The van der Waals surface area contributed by atoms with E-state index in [2.05, 4.69) is 10.5 Å². The zero-order chi connectivity index (χ0) is 14.5. The van der Waals surface area contributed by atoms with Crippen LogP contribution >= 0.6 is 11.6 Å². The van der Waals surface area contributed by atoms with Crippen LogP contribution in [0.4, 0.5) is 5.69 Å². The van der Waals surface area contributed by atoms with Crippen molar-refractivity contribution in [3.8, 4) is 5.75 Å². The van der Waals surface area contributed by atoms with Gasteiger partial charge in [-0.05, 0) is 43.7 Å². The van der Waals surface area contributed by atoms with Crippen molar-refractivity contribution in [2.45, 2.75) is 13.8 Å². The third kappa shape index (κ3) is 3.52. The Hall–Kier alpha value is -2.00. The summed E-state index contributed by atoms with van der Waals surface area (Å²) < 4.78 is 5.20. The molecule has 20 heavy (non-hydrogen) atoms. The van der Waals surface area contributed by atoms with Crippen molar-refractivity contribution in [2.75, 3.05) is 12.5 Å². The van der Waals surface area contributed by atoms with Crippen LogP contribution in [-0.4, -0.2) is 12.8 Å². The SMILES string of the molecule is COc1cccc(/C(C)=N/Nc2ccc(C)c(Cl)c2)c1. The van der Waals surface area contributed by atoms with E-state index in [1.807, 2.05) is 56.3 Å². The molecule has 0 saturated heterocycles. The van der Waals surface area contributed by atoms with Crippen LogP contribution in [0, 0.1) is 6.92 Å². The van der Waals surface area contributed by atoms with Crippen molar-refractivity contribution >= 4 is 23.0 Å². The number of hydrogen-bond donors (Lipinski definition) is 1. The Morgan fingerprint density at radius 3 is 2.70 bits per heavy atom. The first-order valence-electron chi connectivity index (χ1n) is 6.31. The molecule has 0 aromatic heterocycles. The molecule has 0 saturated carbocycles.